The van der Waals surface area contributed by atoms with Crippen LogP contribution < -0.4 is 10.6 Å². The Kier molecular flexibility index (Phi) is 7.24. The third-order valence-electron chi connectivity index (χ3n) is 11.4. The lowest BCUT2D eigenvalue weighted by Crippen LogP contribution is -2.56. The topological polar surface area (TPSA) is 41.1 Å². The molecule has 2 amide bonds. The van der Waals surface area contributed by atoms with Gasteiger partial charge in [-0.1, -0.05) is 53.9 Å². The Morgan fingerprint density at radius 2 is 1.62 bits per heavy atom. The van der Waals surface area contributed by atoms with Crippen molar-refractivity contribution in [3.05, 3.63) is 0 Å². The molecule has 4 rings (SSSR count). The second kappa shape index (κ2) is 9.49. The number of hydrogen-bond acceptors (Lipinski definition) is 1. The first-order chi connectivity index (χ1) is 15.2. The Hall–Kier alpha value is -0.730. The minimum Gasteiger partial charge on any atom is -0.341 e. The first-order valence-electron chi connectivity index (χ1n) is 14.2. The summed E-state index contributed by atoms with van der Waals surface area (Å²) in [5.74, 6) is 6.37. The van der Waals surface area contributed by atoms with Gasteiger partial charge in [0.05, 0.1) is 0 Å². The summed E-state index contributed by atoms with van der Waals surface area (Å²) in [6, 6.07) is 0.376. The lowest BCUT2D eigenvalue weighted by molar-refractivity contribution is -0.117. The van der Waals surface area contributed by atoms with Gasteiger partial charge in [0.25, 0.3) is 0 Å². The third-order valence-corrected chi connectivity index (χ3v) is 11.4. The molecule has 4 aliphatic rings. The first-order valence-corrected chi connectivity index (χ1v) is 14.2. The van der Waals surface area contributed by atoms with Gasteiger partial charge in [-0.2, -0.15) is 0 Å². The molecule has 0 aromatic heterocycles. The number of fused-ring (bicyclic) bond motifs is 5. The molecule has 4 saturated carbocycles. The van der Waals surface area contributed by atoms with Gasteiger partial charge in [0, 0.05) is 13.1 Å². The average Bonchev–Trinajstić information content (AvgIpc) is 3.11. The molecule has 0 bridgehead atoms. The number of carbonyl (C=O) groups excluding carboxylic acids is 1. The van der Waals surface area contributed by atoms with Crippen molar-refractivity contribution in [3.8, 4) is 0 Å². The van der Waals surface area contributed by atoms with Crippen LogP contribution in [0.5, 0.6) is 0 Å². The van der Waals surface area contributed by atoms with E-state index >= 15 is 0 Å². The highest BCUT2D eigenvalue weighted by Crippen LogP contribution is 2.68. The van der Waals surface area contributed by atoms with Gasteiger partial charge in [-0.25, -0.2) is 4.79 Å². The molecular weight excluding hydrogens is 392 g/mol. The zero-order valence-corrected chi connectivity index (χ0v) is 22.0. The van der Waals surface area contributed by atoms with Crippen molar-refractivity contribution in [1.82, 2.24) is 10.6 Å². The van der Waals surface area contributed by atoms with Crippen molar-refractivity contribution in [1.29, 1.82) is 0 Å². The fourth-order valence-electron chi connectivity index (χ4n) is 9.67. The van der Waals surface area contributed by atoms with Gasteiger partial charge < -0.3 is 10.6 Å². The summed E-state index contributed by atoms with van der Waals surface area (Å²) in [7, 11) is 1.73. The molecule has 0 heterocycles. The minimum atomic E-state index is 0.000216. The fraction of sp³-hybridized carbons (Fsp3) is 0.966. The van der Waals surface area contributed by atoms with Crippen molar-refractivity contribution in [2.45, 2.75) is 118 Å². The van der Waals surface area contributed by atoms with Crippen molar-refractivity contribution in [3.63, 3.8) is 0 Å². The highest BCUT2D eigenvalue weighted by Gasteiger charge is 2.60. The van der Waals surface area contributed by atoms with Crippen molar-refractivity contribution in [2.24, 2.45) is 52.3 Å². The van der Waals surface area contributed by atoms with Crippen LogP contribution in [0.2, 0.25) is 0 Å². The van der Waals surface area contributed by atoms with Crippen LogP contribution in [0.4, 0.5) is 4.79 Å². The monoisotopic (exact) mass is 444 g/mol. The van der Waals surface area contributed by atoms with Gasteiger partial charge in [0.1, 0.15) is 0 Å². The summed E-state index contributed by atoms with van der Waals surface area (Å²) >= 11 is 0. The summed E-state index contributed by atoms with van der Waals surface area (Å²) in [6.07, 6.45) is 16.7. The largest absolute Gasteiger partial charge is 0.341 e. The molecule has 0 radical (unpaired) electrons. The molecular formula is C29H52N2O. The molecule has 0 saturated heterocycles. The van der Waals surface area contributed by atoms with E-state index in [1.54, 1.807) is 7.05 Å². The van der Waals surface area contributed by atoms with Crippen LogP contribution in [0.3, 0.4) is 0 Å². The maximum Gasteiger partial charge on any atom is 0.314 e. The molecule has 184 valence electrons. The van der Waals surface area contributed by atoms with E-state index in [4.69, 9.17) is 0 Å². The maximum absolute atomic E-state index is 11.9. The van der Waals surface area contributed by atoms with Crippen LogP contribution in [0.15, 0.2) is 0 Å². The minimum absolute atomic E-state index is 0.000216. The van der Waals surface area contributed by atoms with Gasteiger partial charge in [0.15, 0.2) is 0 Å². The van der Waals surface area contributed by atoms with Gasteiger partial charge in [-0.15, -0.1) is 0 Å². The summed E-state index contributed by atoms with van der Waals surface area (Å²) in [4.78, 5) is 11.9. The highest BCUT2D eigenvalue weighted by molar-refractivity contribution is 5.73. The summed E-state index contributed by atoms with van der Waals surface area (Å²) in [5, 5.41) is 5.98. The van der Waals surface area contributed by atoms with Crippen LogP contribution in [0, 0.1) is 52.3 Å². The Morgan fingerprint density at radius 3 is 2.34 bits per heavy atom. The molecule has 2 N–H and O–H groups in total. The van der Waals surface area contributed by atoms with E-state index in [0.29, 0.717) is 16.9 Å². The van der Waals surface area contributed by atoms with E-state index in [1.807, 2.05) is 0 Å². The number of carbonyl (C=O) groups is 1. The fourth-order valence-corrected chi connectivity index (χ4v) is 9.67. The molecule has 0 aromatic carbocycles. The van der Waals surface area contributed by atoms with Gasteiger partial charge in [-0.05, 0) is 110 Å². The first kappa shape index (κ1) is 24.4. The predicted octanol–water partition coefficient (Wildman–Crippen LogP) is 7.41. The van der Waals surface area contributed by atoms with Gasteiger partial charge in [0.2, 0.25) is 0 Å². The highest BCUT2D eigenvalue weighted by atomic mass is 16.2. The van der Waals surface area contributed by atoms with Crippen molar-refractivity contribution < 1.29 is 4.79 Å². The molecule has 0 aromatic rings. The Balaban J connectivity index is 1.42. The van der Waals surface area contributed by atoms with Gasteiger partial charge >= 0.3 is 6.03 Å². The smallest absolute Gasteiger partial charge is 0.314 e. The second-order valence-electron chi connectivity index (χ2n) is 13.4. The van der Waals surface area contributed by atoms with E-state index in [0.717, 1.165) is 41.4 Å². The molecule has 9 atom stereocenters. The third kappa shape index (κ3) is 4.36. The van der Waals surface area contributed by atoms with E-state index in [2.05, 4.69) is 45.3 Å². The molecule has 3 nitrogen and oxygen atoms in total. The molecule has 32 heavy (non-hydrogen) atoms. The molecule has 9 unspecified atom stereocenters. The van der Waals surface area contributed by atoms with Crippen LogP contribution in [0.25, 0.3) is 0 Å². The molecule has 3 heteroatoms. The van der Waals surface area contributed by atoms with Crippen LogP contribution in [-0.2, 0) is 0 Å². The average molecular weight is 445 g/mol. The summed E-state index contributed by atoms with van der Waals surface area (Å²) in [6.45, 7) is 12.7. The Bertz CT molecular complexity index is 662. The zero-order valence-electron chi connectivity index (χ0n) is 22.0. The Labute approximate surface area is 198 Å². The lowest BCUT2D eigenvalue weighted by atomic mass is 9.44. The number of urea groups is 1. The van der Waals surface area contributed by atoms with E-state index in [9.17, 15) is 4.79 Å². The molecule has 0 spiro atoms. The van der Waals surface area contributed by atoms with Gasteiger partial charge in [-0.3, -0.25) is 0 Å². The van der Waals surface area contributed by atoms with Crippen LogP contribution in [0.1, 0.15) is 112 Å². The number of hydrogen-bond donors (Lipinski definition) is 2. The van der Waals surface area contributed by atoms with Crippen molar-refractivity contribution in [2.75, 3.05) is 7.05 Å². The summed E-state index contributed by atoms with van der Waals surface area (Å²) in [5.41, 5.74) is 1.10. The Morgan fingerprint density at radius 1 is 0.906 bits per heavy atom. The zero-order chi connectivity index (χ0) is 23.1. The molecule has 0 aliphatic heterocycles. The van der Waals surface area contributed by atoms with E-state index in [-0.39, 0.29) is 6.03 Å². The predicted molar refractivity (Wildman–Crippen MR) is 134 cm³/mol. The maximum atomic E-state index is 11.9. The quantitative estimate of drug-likeness (QED) is 0.440. The van der Waals surface area contributed by atoms with E-state index < -0.39 is 0 Å². The SMILES string of the molecule is CNC(=O)NC1CCC2(C)C(CCC3C2CCC2(C)C(C(C)CCCC(C)C)CCC32)C1. The number of rotatable bonds is 6. The standard InChI is InChI=1S/C29H52N2O/c1-19(2)8-7-9-20(3)24-12-13-25-23-11-10-21-18-22(31-27(32)30-6)14-16-28(21,4)26(23)15-17-29(24,25)5/h19-26H,7-18H2,1-6H3,(H2,30,31,32). The van der Waals surface area contributed by atoms with Crippen LogP contribution in [-0.4, -0.2) is 19.1 Å². The second-order valence-corrected chi connectivity index (χ2v) is 13.4. The number of nitrogens with one attached hydrogen (secondary N) is 2. The normalized spacial score (nSPS) is 44.3. The summed E-state index contributed by atoms with van der Waals surface area (Å²) < 4.78 is 0. The lowest BCUT2D eigenvalue weighted by Gasteiger charge is -2.61. The van der Waals surface area contributed by atoms with E-state index in [1.165, 1.54) is 77.0 Å². The van der Waals surface area contributed by atoms with Crippen LogP contribution >= 0.6 is 0 Å². The molecule has 4 aliphatic carbocycles. The number of amides is 2. The molecule has 4 fully saturated rings. The van der Waals surface area contributed by atoms with Crippen molar-refractivity contribution >= 4 is 6.03 Å².